The van der Waals surface area contributed by atoms with Gasteiger partial charge in [0.15, 0.2) is 0 Å². The van der Waals surface area contributed by atoms with E-state index in [1.54, 1.807) is 0 Å². The number of amides is 1. The molecule has 11 heteroatoms. The minimum absolute atomic E-state index is 0.203. The van der Waals surface area contributed by atoms with Crippen LogP contribution >= 0.6 is 0 Å². The van der Waals surface area contributed by atoms with Crippen molar-refractivity contribution in [2.75, 3.05) is 37.7 Å². The number of aromatic nitrogens is 1. The monoisotopic (exact) mass is 564 g/mol. The van der Waals surface area contributed by atoms with Gasteiger partial charge in [-0.05, 0) is 60.4 Å². The number of nitrogens with zero attached hydrogens (tertiary/aromatic N) is 3. The molecule has 2 aromatic heterocycles. The summed E-state index contributed by atoms with van der Waals surface area (Å²) in [4.78, 5) is 20.0. The Morgan fingerprint density at radius 3 is 2.67 bits per heavy atom. The van der Waals surface area contributed by atoms with E-state index in [4.69, 9.17) is 9.15 Å². The van der Waals surface area contributed by atoms with E-state index in [2.05, 4.69) is 15.2 Å². The van der Waals surface area contributed by atoms with Crippen molar-refractivity contribution >= 4 is 32.7 Å². The van der Waals surface area contributed by atoms with Crippen molar-refractivity contribution < 1.29 is 26.8 Å². The fraction of sp³-hybridized carbons (Fsp3) is 0.310. The first-order valence-electron chi connectivity index (χ1n) is 13.3. The van der Waals surface area contributed by atoms with Gasteiger partial charge in [-0.3, -0.25) is 4.79 Å². The standard InChI is InChI=1S/C29H29FN4O5S/c30-24-7-8-26-23(16-24)17-28(39-26)40(36,37)34-10-2-5-25(34)29(35)32-18-20-3-1-4-21(15-20)22-6-9-27(31-19-22)33-11-13-38-14-12-33/h1,3-4,6-9,15-17,19,25H,2,5,10-14,18H2,(H,32,35)/t25-/m0/s1. The summed E-state index contributed by atoms with van der Waals surface area (Å²) in [5.74, 6) is 0.0625. The first-order valence-corrected chi connectivity index (χ1v) is 14.7. The number of sulfonamides is 1. The minimum atomic E-state index is -4.08. The summed E-state index contributed by atoms with van der Waals surface area (Å²) < 4.78 is 52.4. The number of furan rings is 1. The Labute approximate surface area is 231 Å². The van der Waals surface area contributed by atoms with Crippen molar-refractivity contribution in [1.29, 1.82) is 0 Å². The number of carbonyl (C=O) groups excluding carboxylic acids is 1. The summed E-state index contributed by atoms with van der Waals surface area (Å²) in [7, 11) is -4.08. The van der Waals surface area contributed by atoms with Crippen molar-refractivity contribution in [1.82, 2.24) is 14.6 Å². The van der Waals surface area contributed by atoms with E-state index >= 15 is 0 Å². The number of carbonyl (C=O) groups is 1. The summed E-state index contributed by atoms with van der Waals surface area (Å²) in [6.45, 7) is 3.49. The second-order valence-electron chi connectivity index (χ2n) is 9.94. The third kappa shape index (κ3) is 5.32. The van der Waals surface area contributed by atoms with Gasteiger partial charge in [-0.25, -0.2) is 17.8 Å². The quantitative estimate of drug-likeness (QED) is 0.363. The summed E-state index contributed by atoms with van der Waals surface area (Å²) in [6, 6.07) is 16.1. The lowest BCUT2D eigenvalue weighted by Crippen LogP contribution is -2.45. The smallest absolute Gasteiger partial charge is 0.277 e. The molecule has 0 unspecified atom stereocenters. The second-order valence-corrected chi connectivity index (χ2v) is 11.8. The predicted octanol–water partition coefficient (Wildman–Crippen LogP) is 3.94. The van der Waals surface area contributed by atoms with E-state index in [0.717, 1.165) is 35.6 Å². The molecule has 0 saturated carbocycles. The molecule has 0 aliphatic carbocycles. The normalized spacial score (nSPS) is 18.3. The SMILES string of the molecule is O=C(NCc1cccc(-c2ccc(N3CCOCC3)nc2)c1)[C@@H]1CCCN1S(=O)(=O)c1cc2cc(F)ccc2o1. The molecule has 208 valence electrons. The van der Waals surface area contributed by atoms with Gasteiger partial charge in [-0.2, -0.15) is 4.31 Å². The second kappa shape index (κ2) is 11.0. The van der Waals surface area contributed by atoms with Gasteiger partial charge in [0.05, 0.1) is 13.2 Å². The lowest BCUT2D eigenvalue weighted by molar-refractivity contribution is -0.124. The highest BCUT2D eigenvalue weighted by atomic mass is 32.2. The van der Waals surface area contributed by atoms with Gasteiger partial charge in [0, 0.05) is 49.4 Å². The molecule has 40 heavy (non-hydrogen) atoms. The zero-order valence-electron chi connectivity index (χ0n) is 21.8. The van der Waals surface area contributed by atoms with Gasteiger partial charge >= 0.3 is 0 Å². The van der Waals surface area contributed by atoms with Crippen molar-refractivity contribution in [3.05, 3.63) is 78.2 Å². The van der Waals surface area contributed by atoms with Gasteiger partial charge in [0.2, 0.25) is 11.0 Å². The molecule has 0 spiro atoms. The number of fused-ring (bicyclic) bond motifs is 1. The van der Waals surface area contributed by atoms with Gasteiger partial charge < -0.3 is 19.4 Å². The largest absolute Gasteiger partial charge is 0.443 e. The Bertz CT molecular complexity index is 1630. The van der Waals surface area contributed by atoms with E-state index in [-0.39, 0.29) is 29.7 Å². The third-order valence-corrected chi connectivity index (χ3v) is 9.10. The van der Waals surface area contributed by atoms with Gasteiger partial charge in [0.1, 0.15) is 23.3 Å². The molecule has 2 aliphatic heterocycles. The lowest BCUT2D eigenvalue weighted by atomic mass is 10.0. The van der Waals surface area contributed by atoms with Gasteiger partial charge in [0.25, 0.3) is 10.0 Å². The summed E-state index contributed by atoms with van der Waals surface area (Å²) >= 11 is 0. The Balaban J connectivity index is 1.12. The molecule has 6 rings (SSSR count). The van der Waals surface area contributed by atoms with Crippen molar-refractivity contribution in [3.8, 4) is 11.1 Å². The van der Waals surface area contributed by atoms with Crippen LogP contribution in [0.25, 0.3) is 22.1 Å². The van der Waals surface area contributed by atoms with Crippen molar-refractivity contribution in [3.63, 3.8) is 0 Å². The number of rotatable bonds is 7. The van der Waals surface area contributed by atoms with E-state index in [9.17, 15) is 17.6 Å². The van der Waals surface area contributed by atoms with Crippen LogP contribution in [0.15, 0.2) is 76.4 Å². The Morgan fingerprint density at radius 1 is 1.02 bits per heavy atom. The number of hydrogen-bond acceptors (Lipinski definition) is 7. The molecule has 2 saturated heterocycles. The number of pyridine rings is 1. The van der Waals surface area contributed by atoms with E-state index in [1.165, 1.54) is 28.6 Å². The molecule has 9 nitrogen and oxygen atoms in total. The number of ether oxygens (including phenoxy) is 1. The molecule has 0 bridgehead atoms. The number of morpholine rings is 1. The maximum atomic E-state index is 13.6. The van der Waals surface area contributed by atoms with Gasteiger partial charge in [-0.1, -0.05) is 18.2 Å². The predicted molar refractivity (Wildman–Crippen MR) is 148 cm³/mol. The van der Waals surface area contributed by atoms with Crippen LogP contribution in [0.2, 0.25) is 0 Å². The summed E-state index contributed by atoms with van der Waals surface area (Å²) in [6.07, 6.45) is 2.80. The fourth-order valence-electron chi connectivity index (χ4n) is 5.23. The number of nitrogens with one attached hydrogen (secondary N) is 1. The van der Waals surface area contributed by atoms with Crippen LogP contribution in [0.4, 0.5) is 10.2 Å². The highest BCUT2D eigenvalue weighted by Gasteiger charge is 2.41. The van der Waals surface area contributed by atoms with Gasteiger partial charge in [-0.15, -0.1) is 0 Å². The molecule has 2 aromatic carbocycles. The highest BCUT2D eigenvalue weighted by Crippen LogP contribution is 2.31. The van der Waals surface area contributed by atoms with E-state index in [1.807, 2.05) is 42.6 Å². The highest BCUT2D eigenvalue weighted by molar-refractivity contribution is 7.89. The Kier molecular flexibility index (Phi) is 7.26. The molecule has 4 heterocycles. The zero-order chi connectivity index (χ0) is 27.7. The number of benzene rings is 2. The molecule has 2 fully saturated rings. The topological polar surface area (TPSA) is 105 Å². The van der Waals surface area contributed by atoms with Crippen LogP contribution in [0.5, 0.6) is 0 Å². The van der Waals surface area contributed by atoms with E-state index in [0.29, 0.717) is 31.4 Å². The van der Waals surface area contributed by atoms with E-state index < -0.39 is 21.9 Å². The number of halogens is 1. The molecule has 4 aromatic rings. The number of anilines is 1. The fourth-order valence-corrected chi connectivity index (χ4v) is 6.83. The molecule has 2 aliphatic rings. The van der Waals surface area contributed by atoms with Crippen LogP contribution in [-0.4, -0.2) is 62.5 Å². The molecule has 0 radical (unpaired) electrons. The van der Waals surface area contributed by atoms with Crippen LogP contribution in [0.1, 0.15) is 18.4 Å². The summed E-state index contributed by atoms with van der Waals surface area (Å²) in [5.41, 5.74) is 3.09. The van der Waals surface area contributed by atoms with Crippen molar-refractivity contribution in [2.24, 2.45) is 0 Å². The Morgan fingerprint density at radius 2 is 1.88 bits per heavy atom. The maximum Gasteiger partial charge on any atom is 0.277 e. The molecular formula is C29H29FN4O5S. The average molecular weight is 565 g/mol. The summed E-state index contributed by atoms with van der Waals surface area (Å²) in [5, 5.41) is 2.95. The molecule has 1 N–H and O–H groups in total. The third-order valence-electron chi connectivity index (χ3n) is 7.34. The molecule has 1 amide bonds. The minimum Gasteiger partial charge on any atom is -0.443 e. The van der Waals surface area contributed by atoms with Crippen molar-refractivity contribution in [2.45, 2.75) is 30.5 Å². The first kappa shape index (κ1) is 26.4. The first-order chi connectivity index (χ1) is 19.4. The van der Waals surface area contributed by atoms with Crippen LogP contribution in [0.3, 0.4) is 0 Å². The lowest BCUT2D eigenvalue weighted by Gasteiger charge is -2.27. The molecule has 1 atom stereocenters. The Hall–Kier alpha value is -3.80. The van der Waals surface area contributed by atoms with Crippen LogP contribution in [-0.2, 0) is 26.1 Å². The number of hydrogen-bond donors (Lipinski definition) is 1. The maximum absolute atomic E-state index is 13.6. The average Bonchev–Trinajstić information content (AvgIpc) is 3.65. The van der Waals surface area contributed by atoms with Crippen LogP contribution in [0, 0.1) is 5.82 Å². The zero-order valence-corrected chi connectivity index (χ0v) is 22.6. The molecular weight excluding hydrogens is 535 g/mol. The van der Waals surface area contributed by atoms with Crippen LogP contribution < -0.4 is 10.2 Å².